The second-order valence-corrected chi connectivity index (χ2v) is 7.14. The first-order chi connectivity index (χ1) is 10.7. The van der Waals surface area contributed by atoms with Crippen molar-refractivity contribution in [2.24, 2.45) is 0 Å². The fraction of sp³-hybridized carbons (Fsp3) is 0.0714. The predicted molar refractivity (Wildman–Crippen MR) is 86.1 cm³/mol. The molecule has 122 valence electrons. The molecule has 0 heterocycles. The Bertz CT molecular complexity index is 871. The van der Waals surface area contributed by atoms with E-state index in [1.54, 1.807) is 0 Å². The van der Waals surface area contributed by atoms with Crippen LogP contribution in [0.5, 0.6) is 0 Å². The number of hydrogen-bond donors (Lipinski definition) is 2. The van der Waals surface area contributed by atoms with E-state index in [0.717, 1.165) is 18.2 Å². The summed E-state index contributed by atoms with van der Waals surface area (Å²) >= 11 is 11.6. The van der Waals surface area contributed by atoms with E-state index in [1.807, 2.05) is 0 Å². The van der Waals surface area contributed by atoms with Gasteiger partial charge in [0.1, 0.15) is 5.82 Å². The molecule has 0 radical (unpaired) electrons. The molecule has 2 aromatic rings. The van der Waals surface area contributed by atoms with Crippen LogP contribution in [0.1, 0.15) is 15.9 Å². The molecular weight excluding hydrogens is 368 g/mol. The Labute approximate surface area is 141 Å². The van der Waals surface area contributed by atoms with Crippen LogP contribution in [0.25, 0.3) is 0 Å². The molecule has 2 N–H and O–H groups in total. The van der Waals surface area contributed by atoms with E-state index in [2.05, 4.69) is 4.72 Å². The van der Waals surface area contributed by atoms with E-state index in [0.29, 0.717) is 5.56 Å². The van der Waals surface area contributed by atoms with Crippen LogP contribution < -0.4 is 4.72 Å². The van der Waals surface area contributed by atoms with Gasteiger partial charge in [-0.1, -0.05) is 29.3 Å². The molecule has 0 aliphatic rings. The number of anilines is 1. The minimum absolute atomic E-state index is 0.201. The molecule has 5 nitrogen and oxygen atoms in total. The lowest BCUT2D eigenvalue weighted by Crippen LogP contribution is -2.17. The summed E-state index contributed by atoms with van der Waals surface area (Å²) in [5.74, 6) is -2.67. The van der Waals surface area contributed by atoms with Crippen molar-refractivity contribution < 1.29 is 22.7 Å². The third-order valence-electron chi connectivity index (χ3n) is 2.82. The SMILES string of the molecule is O=C(O)c1cc(F)ccc1NS(=O)(=O)Cc1ccc(Cl)c(Cl)c1. The number of hydrogen-bond acceptors (Lipinski definition) is 3. The number of carboxylic acids is 1. The fourth-order valence-electron chi connectivity index (χ4n) is 1.83. The minimum atomic E-state index is -3.92. The Balaban J connectivity index is 2.28. The Kier molecular flexibility index (Phi) is 5.13. The molecule has 0 saturated heterocycles. The normalized spacial score (nSPS) is 11.3. The van der Waals surface area contributed by atoms with E-state index in [9.17, 15) is 17.6 Å². The van der Waals surface area contributed by atoms with Crippen LogP contribution in [0.3, 0.4) is 0 Å². The fourth-order valence-corrected chi connectivity index (χ4v) is 3.36. The van der Waals surface area contributed by atoms with Crippen LogP contribution in [-0.4, -0.2) is 19.5 Å². The molecule has 0 aromatic heterocycles. The molecule has 0 amide bonds. The molecule has 9 heteroatoms. The molecular formula is C14H10Cl2FNO4S. The summed E-state index contributed by atoms with van der Waals surface area (Å²) in [5.41, 5.74) is -0.340. The van der Waals surface area contributed by atoms with E-state index >= 15 is 0 Å². The molecule has 2 aromatic carbocycles. The van der Waals surface area contributed by atoms with Gasteiger partial charge in [0.2, 0.25) is 10.0 Å². The van der Waals surface area contributed by atoms with Crippen molar-refractivity contribution in [3.8, 4) is 0 Å². The van der Waals surface area contributed by atoms with Gasteiger partial charge in [0, 0.05) is 0 Å². The molecule has 0 unspecified atom stereocenters. The van der Waals surface area contributed by atoms with E-state index in [1.165, 1.54) is 18.2 Å². The van der Waals surface area contributed by atoms with Gasteiger partial charge in [-0.3, -0.25) is 4.72 Å². The zero-order chi connectivity index (χ0) is 17.2. The van der Waals surface area contributed by atoms with Crippen molar-refractivity contribution in [3.05, 3.63) is 63.4 Å². The van der Waals surface area contributed by atoms with E-state index in [-0.39, 0.29) is 15.7 Å². The second-order valence-electron chi connectivity index (χ2n) is 4.60. The summed E-state index contributed by atoms with van der Waals surface area (Å²) < 4.78 is 39.5. The maximum absolute atomic E-state index is 13.1. The number of nitrogens with one attached hydrogen (secondary N) is 1. The lowest BCUT2D eigenvalue weighted by atomic mass is 10.2. The Morgan fingerprint density at radius 1 is 1.13 bits per heavy atom. The van der Waals surface area contributed by atoms with Gasteiger partial charge in [0.15, 0.2) is 0 Å². The van der Waals surface area contributed by atoms with Crippen LogP contribution in [0, 0.1) is 5.82 Å². The van der Waals surface area contributed by atoms with Crippen molar-refractivity contribution >= 4 is 44.9 Å². The average molecular weight is 378 g/mol. The maximum Gasteiger partial charge on any atom is 0.337 e. The monoisotopic (exact) mass is 377 g/mol. The predicted octanol–water partition coefficient (Wildman–Crippen LogP) is 3.77. The molecule has 0 spiro atoms. The molecule has 0 aliphatic heterocycles. The van der Waals surface area contributed by atoms with Crippen LogP contribution in [-0.2, 0) is 15.8 Å². The summed E-state index contributed by atoms with van der Waals surface area (Å²) in [6, 6.07) is 7.07. The number of carbonyl (C=O) groups is 1. The van der Waals surface area contributed by atoms with Gasteiger partial charge in [-0.2, -0.15) is 0 Å². The summed E-state index contributed by atoms with van der Waals surface area (Å²) in [5, 5.41) is 9.50. The molecule has 0 aliphatic carbocycles. The first-order valence-corrected chi connectivity index (χ1v) is 8.56. The zero-order valence-corrected chi connectivity index (χ0v) is 13.7. The number of rotatable bonds is 5. The second kappa shape index (κ2) is 6.74. The molecule has 0 saturated carbocycles. The highest BCUT2D eigenvalue weighted by atomic mass is 35.5. The van der Waals surface area contributed by atoms with E-state index in [4.69, 9.17) is 28.3 Å². The van der Waals surface area contributed by atoms with Gasteiger partial charge >= 0.3 is 5.97 Å². The summed E-state index contributed by atoms with van der Waals surface area (Å²) in [7, 11) is -3.92. The third-order valence-corrected chi connectivity index (χ3v) is 4.80. The number of benzene rings is 2. The number of sulfonamides is 1. The molecule has 2 rings (SSSR count). The van der Waals surface area contributed by atoms with Crippen molar-refractivity contribution in [1.82, 2.24) is 0 Å². The van der Waals surface area contributed by atoms with Gasteiger partial charge in [0.25, 0.3) is 0 Å². The van der Waals surface area contributed by atoms with Gasteiger partial charge < -0.3 is 5.11 Å². The first-order valence-electron chi connectivity index (χ1n) is 6.15. The van der Waals surface area contributed by atoms with Crippen LogP contribution in [0.15, 0.2) is 36.4 Å². The van der Waals surface area contributed by atoms with Crippen molar-refractivity contribution in [2.75, 3.05) is 4.72 Å². The molecule has 23 heavy (non-hydrogen) atoms. The largest absolute Gasteiger partial charge is 0.478 e. The zero-order valence-electron chi connectivity index (χ0n) is 11.4. The van der Waals surface area contributed by atoms with Gasteiger partial charge in [0.05, 0.1) is 27.0 Å². The topological polar surface area (TPSA) is 83.5 Å². The van der Waals surface area contributed by atoms with E-state index < -0.39 is 33.1 Å². The number of aromatic carboxylic acids is 1. The Hall–Kier alpha value is -1.83. The number of carboxylic acid groups (broad SMARTS) is 1. The van der Waals surface area contributed by atoms with Crippen molar-refractivity contribution in [1.29, 1.82) is 0 Å². The smallest absolute Gasteiger partial charge is 0.337 e. The third kappa shape index (κ3) is 4.57. The van der Waals surface area contributed by atoms with Gasteiger partial charge in [-0.05, 0) is 35.9 Å². The minimum Gasteiger partial charge on any atom is -0.478 e. The highest BCUT2D eigenvalue weighted by Gasteiger charge is 2.18. The summed E-state index contributed by atoms with van der Waals surface area (Å²) in [4.78, 5) is 11.1. The van der Waals surface area contributed by atoms with Crippen LogP contribution in [0.2, 0.25) is 10.0 Å². The standard InChI is InChI=1S/C14H10Cl2FNO4S/c15-11-3-1-8(5-12(11)16)7-23(21,22)18-13-4-2-9(17)6-10(13)14(19)20/h1-6,18H,7H2,(H,19,20). The van der Waals surface area contributed by atoms with Crippen LogP contribution >= 0.6 is 23.2 Å². The van der Waals surface area contributed by atoms with Crippen molar-refractivity contribution in [2.45, 2.75) is 5.75 Å². The molecule has 0 atom stereocenters. The van der Waals surface area contributed by atoms with Gasteiger partial charge in [-0.25, -0.2) is 17.6 Å². The molecule has 0 bridgehead atoms. The lowest BCUT2D eigenvalue weighted by Gasteiger charge is -2.11. The molecule has 0 fully saturated rings. The highest BCUT2D eigenvalue weighted by molar-refractivity contribution is 7.91. The highest BCUT2D eigenvalue weighted by Crippen LogP contribution is 2.24. The van der Waals surface area contributed by atoms with Crippen molar-refractivity contribution in [3.63, 3.8) is 0 Å². The average Bonchev–Trinajstić information content (AvgIpc) is 2.44. The summed E-state index contributed by atoms with van der Waals surface area (Å²) in [6.07, 6.45) is 0. The van der Waals surface area contributed by atoms with Gasteiger partial charge in [-0.15, -0.1) is 0 Å². The lowest BCUT2D eigenvalue weighted by molar-refractivity contribution is 0.0697. The van der Waals surface area contributed by atoms with Crippen LogP contribution in [0.4, 0.5) is 10.1 Å². The Morgan fingerprint density at radius 3 is 2.43 bits per heavy atom. The number of halogens is 3. The maximum atomic E-state index is 13.1. The Morgan fingerprint density at radius 2 is 1.83 bits per heavy atom. The first kappa shape index (κ1) is 17.5. The quantitative estimate of drug-likeness (QED) is 0.830. The summed E-state index contributed by atoms with van der Waals surface area (Å²) in [6.45, 7) is 0.